The van der Waals surface area contributed by atoms with Gasteiger partial charge in [-0.05, 0) is 44.0 Å². The van der Waals surface area contributed by atoms with Gasteiger partial charge in [0.2, 0.25) is 0 Å². The highest BCUT2D eigenvalue weighted by Crippen LogP contribution is 2.40. The Morgan fingerprint density at radius 3 is 2.46 bits per heavy atom. The maximum absolute atomic E-state index is 14.4. The number of halogens is 3. The summed E-state index contributed by atoms with van der Waals surface area (Å²) in [6.45, 7) is 3.41. The molecule has 2 aliphatic heterocycles. The molecule has 2 aliphatic rings. The molecule has 9 heteroatoms. The lowest BCUT2D eigenvalue weighted by Gasteiger charge is -2.48. The molecule has 1 amide bonds. The Bertz CT molecular complexity index is 861. The van der Waals surface area contributed by atoms with Crippen LogP contribution >= 0.6 is 0 Å². The molecule has 3 heterocycles. The van der Waals surface area contributed by atoms with Crippen molar-refractivity contribution in [3.8, 4) is 0 Å². The van der Waals surface area contributed by atoms with Crippen LogP contribution in [-0.2, 0) is 16.1 Å². The van der Waals surface area contributed by atoms with Crippen LogP contribution in [0.5, 0.6) is 0 Å². The van der Waals surface area contributed by atoms with Gasteiger partial charge in [-0.3, -0.25) is 9.69 Å². The molecule has 0 unspecified atom stereocenters. The van der Waals surface area contributed by atoms with Crippen molar-refractivity contribution in [2.24, 2.45) is 0 Å². The molecule has 1 spiro atoms. The van der Waals surface area contributed by atoms with Gasteiger partial charge in [0.05, 0.1) is 17.8 Å². The first-order valence-corrected chi connectivity index (χ1v) is 9.06. The van der Waals surface area contributed by atoms with E-state index in [0.717, 1.165) is 22.7 Å². The number of aromatic nitrogens is 1. The number of likely N-dealkylation sites (tertiary alicyclic amines) is 1. The minimum absolute atomic E-state index is 0.00393. The molecule has 0 bridgehead atoms. The van der Waals surface area contributed by atoms with Crippen LogP contribution in [0.15, 0.2) is 34.9 Å². The highest BCUT2D eigenvalue weighted by atomic mass is 19.3. The van der Waals surface area contributed by atoms with E-state index in [0.29, 0.717) is 38.2 Å². The molecule has 1 aromatic carbocycles. The van der Waals surface area contributed by atoms with Gasteiger partial charge >= 0.3 is 12.0 Å². The summed E-state index contributed by atoms with van der Waals surface area (Å²) in [7, 11) is 0. The van der Waals surface area contributed by atoms with E-state index in [1.54, 1.807) is 6.92 Å². The number of benzene rings is 1. The second-order valence-electron chi connectivity index (χ2n) is 7.37. The third-order valence-electron chi connectivity index (χ3n) is 5.25. The first kappa shape index (κ1) is 18.9. The fourth-order valence-corrected chi connectivity index (χ4v) is 3.79. The maximum Gasteiger partial charge on any atom is 0.437 e. The molecule has 0 saturated carbocycles. The molecule has 2 saturated heterocycles. The quantitative estimate of drug-likeness (QED) is 0.799. The smallest absolute Gasteiger partial charge is 0.361 e. The zero-order chi connectivity index (χ0) is 19.9. The summed E-state index contributed by atoms with van der Waals surface area (Å²) < 4.78 is 52.0. The summed E-state index contributed by atoms with van der Waals surface area (Å²) in [4.78, 5) is 15.3. The van der Waals surface area contributed by atoms with E-state index in [2.05, 4.69) is 10.1 Å². The van der Waals surface area contributed by atoms with Gasteiger partial charge in [-0.1, -0.05) is 5.16 Å². The van der Waals surface area contributed by atoms with E-state index >= 15 is 0 Å². The lowest BCUT2D eigenvalue weighted by Crippen LogP contribution is -2.64. The number of aryl methyl sites for hydroxylation is 1. The molecular formula is C19H20F3N3O3. The van der Waals surface area contributed by atoms with Gasteiger partial charge < -0.3 is 14.2 Å². The minimum Gasteiger partial charge on any atom is -0.361 e. The number of anilines is 1. The molecule has 0 radical (unpaired) electrons. The minimum atomic E-state index is -3.92. The van der Waals surface area contributed by atoms with Crippen molar-refractivity contribution < 1.29 is 27.2 Å². The van der Waals surface area contributed by atoms with Crippen molar-refractivity contribution in [3.05, 3.63) is 47.6 Å². The van der Waals surface area contributed by atoms with Gasteiger partial charge in [-0.2, -0.15) is 8.78 Å². The number of carbonyl (C=O) groups is 1. The number of alkyl halides is 2. The summed E-state index contributed by atoms with van der Waals surface area (Å²) >= 11 is 0. The Morgan fingerprint density at radius 1 is 1.18 bits per heavy atom. The van der Waals surface area contributed by atoms with Crippen LogP contribution in [0.1, 0.15) is 24.3 Å². The standard InChI is InChI=1S/C19H20F3N3O3/c1-13-10-15(23-27-13)11-24-8-6-18(7-9-24)12-25(17(26)19(21,22)28-18)16-4-2-14(20)3-5-16/h2-5,10H,6-9,11-12H2,1H3. The van der Waals surface area contributed by atoms with Crippen LogP contribution in [-0.4, -0.2) is 47.3 Å². The van der Waals surface area contributed by atoms with Crippen molar-refractivity contribution in [2.75, 3.05) is 24.5 Å². The third-order valence-corrected chi connectivity index (χ3v) is 5.25. The van der Waals surface area contributed by atoms with E-state index < -0.39 is 23.4 Å². The van der Waals surface area contributed by atoms with Crippen molar-refractivity contribution >= 4 is 11.6 Å². The third kappa shape index (κ3) is 3.64. The maximum atomic E-state index is 14.4. The Balaban J connectivity index is 1.49. The largest absolute Gasteiger partial charge is 0.437 e. The Morgan fingerprint density at radius 2 is 1.86 bits per heavy atom. The number of amides is 1. The number of ether oxygens (including phenoxy) is 1. The average molecular weight is 395 g/mol. The summed E-state index contributed by atoms with van der Waals surface area (Å²) in [5.74, 6) is -1.21. The summed E-state index contributed by atoms with van der Waals surface area (Å²) in [5.41, 5.74) is -0.136. The molecule has 150 valence electrons. The molecule has 2 fully saturated rings. The predicted octanol–water partition coefficient (Wildman–Crippen LogP) is 3.11. The van der Waals surface area contributed by atoms with Crippen LogP contribution in [0, 0.1) is 12.7 Å². The van der Waals surface area contributed by atoms with Gasteiger partial charge in [0, 0.05) is 31.4 Å². The van der Waals surface area contributed by atoms with E-state index in [4.69, 9.17) is 9.26 Å². The number of piperidine rings is 1. The second kappa shape index (κ2) is 6.89. The zero-order valence-corrected chi connectivity index (χ0v) is 15.3. The molecule has 4 rings (SSSR count). The van der Waals surface area contributed by atoms with Crippen molar-refractivity contribution in [2.45, 2.75) is 38.0 Å². The van der Waals surface area contributed by atoms with E-state index in [1.165, 1.54) is 12.1 Å². The molecule has 1 aromatic heterocycles. The van der Waals surface area contributed by atoms with Crippen LogP contribution in [0.25, 0.3) is 0 Å². The van der Waals surface area contributed by atoms with Crippen molar-refractivity contribution in [1.29, 1.82) is 0 Å². The Hall–Kier alpha value is -2.39. The zero-order valence-electron chi connectivity index (χ0n) is 15.3. The first-order valence-electron chi connectivity index (χ1n) is 9.06. The number of morpholine rings is 1. The summed E-state index contributed by atoms with van der Waals surface area (Å²) in [6.07, 6.45) is -3.24. The van der Waals surface area contributed by atoms with Gasteiger partial charge in [-0.25, -0.2) is 4.39 Å². The molecule has 0 aliphatic carbocycles. The summed E-state index contributed by atoms with van der Waals surface area (Å²) in [6, 6.07) is 6.77. The SMILES string of the molecule is Cc1cc(CN2CCC3(CC2)CN(c2ccc(F)cc2)C(=O)C(F)(F)O3)no1. The Kier molecular flexibility index (Phi) is 4.67. The molecule has 0 N–H and O–H groups in total. The van der Waals surface area contributed by atoms with E-state index in [-0.39, 0.29) is 12.2 Å². The average Bonchev–Trinajstić information content (AvgIpc) is 3.06. The van der Waals surface area contributed by atoms with Crippen LogP contribution in [0.4, 0.5) is 18.9 Å². The number of nitrogens with zero attached hydrogens (tertiary/aromatic N) is 3. The second-order valence-corrected chi connectivity index (χ2v) is 7.37. The molecule has 0 atom stereocenters. The number of carbonyl (C=O) groups excluding carboxylic acids is 1. The molecule has 2 aromatic rings. The molecule has 6 nitrogen and oxygen atoms in total. The van der Waals surface area contributed by atoms with Crippen molar-refractivity contribution in [1.82, 2.24) is 10.1 Å². The number of hydrogen-bond donors (Lipinski definition) is 0. The molecular weight excluding hydrogens is 375 g/mol. The number of rotatable bonds is 3. The first-order chi connectivity index (χ1) is 13.3. The van der Waals surface area contributed by atoms with Gasteiger partial charge in [0.15, 0.2) is 0 Å². The predicted molar refractivity (Wildman–Crippen MR) is 93.3 cm³/mol. The van der Waals surface area contributed by atoms with E-state index in [1.807, 2.05) is 6.07 Å². The van der Waals surface area contributed by atoms with Crippen molar-refractivity contribution in [3.63, 3.8) is 0 Å². The highest BCUT2D eigenvalue weighted by Gasteiger charge is 2.57. The van der Waals surface area contributed by atoms with Gasteiger partial charge in [-0.15, -0.1) is 0 Å². The monoisotopic (exact) mass is 395 g/mol. The normalized spacial score (nSPS) is 22.0. The fraction of sp³-hybridized carbons (Fsp3) is 0.474. The lowest BCUT2D eigenvalue weighted by atomic mass is 9.88. The summed E-state index contributed by atoms with van der Waals surface area (Å²) in [5, 5.41) is 3.95. The van der Waals surface area contributed by atoms with Crippen LogP contribution < -0.4 is 4.90 Å². The lowest BCUT2D eigenvalue weighted by molar-refractivity contribution is -0.293. The fourth-order valence-electron chi connectivity index (χ4n) is 3.79. The number of hydrogen-bond acceptors (Lipinski definition) is 5. The molecule has 28 heavy (non-hydrogen) atoms. The van der Waals surface area contributed by atoms with Crippen LogP contribution in [0.3, 0.4) is 0 Å². The van der Waals surface area contributed by atoms with Gasteiger partial charge in [0.25, 0.3) is 0 Å². The topological polar surface area (TPSA) is 58.8 Å². The van der Waals surface area contributed by atoms with E-state index in [9.17, 15) is 18.0 Å². The van der Waals surface area contributed by atoms with Gasteiger partial charge in [0.1, 0.15) is 11.6 Å². The van der Waals surface area contributed by atoms with Crippen LogP contribution in [0.2, 0.25) is 0 Å². The Labute approximate surface area is 159 Å². The highest BCUT2D eigenvalue weighted by molar-refractivity contribution is 5.98.